The van der Waals surface area contributed by atoms with Crippen molar-refractivity contribution in [2.24, 2.45) is 0 Å². The third-order valence-electron chi connectivity index (χ3n) is 3.01. The Labute approximate surface area is 90.7 Å². The molecule has 0 unspecified atom stereocenters. The third-order valence-corrected chi connectivity index (χ3v) is 3.01. The van der Waals surface area contributed by atoms with E-state index >= 15 is 0 Å². The van der Waals surface area contributed by atoms with Gasteiger partial charge in [0, 0.05) is 23.1 Å². The van der Waals surface area contributed by atoms with Crippen LogP contribution in [0.15, 0.2) is 30.5 Å². The summed E-state index contributed by atoms with van der Waals surface area (Å²) in [6.45, 7) is 2.22. The fourth-order valence-corrected chi connectivity index (χ4v) is 1.85. The highest BCUT2D eigenvalue weighted by molar-refractivity contribution is 5.82. The Bertz CT molecular complexity index is 431. The van der Waals surface area contributed by atoms with E-state index in [0.717, 1.165) is 6.42 Å². The molecule has 0 saturated carbocycles. The standard InChI is InChI=1S/C13H18N2/c1-10(14-2)7-8-11-9-15-13-6-4-3-5-12(11)13/h3-6,9-10,14-15H,7-8H2,1-2H3/t10-/m1/s1. The molecule has 0 aliphatic carbocycles. The topological polar surface area (TPSA) is 27.8 Å². The van der Waals surface area contributed by atoms with Crippen LogP contribution in [-0.4, -0.2) is 18.1 Å². The lowest BCUT2D eigenvalue weighted by atomic mass is 10.1. The van der Waals surface area contributed by atoms with Gasteiger partial charge in [0.1, 0.15) is 0 Å². The van der Waals surface area contributed by atoms with Gasteiger partial charge in [-0.25, -0.2) is 0 Å². The van der Waals surface area contributed by atoms with Gasteiger partial charge in [-0.15, -0.1) is 0 Å². The Kier molecular flexibility index (Phi) is 3.07. The Balaban J connectivity index is 2.14. The maximum absolute atomic E-state index is 3.31. The van der Waals surface area contributed by atoms with Crippen LogP contribution in [0.2, 0.25) is 0 Å². The number of aromatic nitrogens is 1. The lowest BCUT2D eigenvalue weighted by molar-refractivity contribution is 0.566. The van der Waals surface area contributed by atoms with Crippen molar-refractivity contribution < 1.29 is 0 Å². The number of H-pyrrole nitrogens is 1. The zero-order valence-electron chi connectivity index (χ0n) is 9.38. The summed E-state index contributed by atoms with van der Waals surface area (Å²) in [5.74, 6) is 0. The van der Waals surface area contributed by atoms with Crippen molar-refractivity contribution in [3.8, 4) is 0 Å². The van der Waals surface area contributed by atoms with E-state index < -0.39 is 0 Å². The Morgan fingerprint density at radius 3 is 2.93 bits per heavy atom. The predicted molar refractivity (Wildman–Crippen MR) is 65.1 cm³/mol. The molecule has 80 valence electrons. The smallest absolute Gasteiger partial charge is 0.0456 e. The number of hydrogen-bond donors (Lipinski definition) is 2. The van der Waals surface area contributed by atoms with Crippen LogP contribution in [0, 0.1) is 0 Å². The van der Waals surface area contributed by atoms with E-state index in [1.807, 2.05) is 7.05 Å². The molecule has 0 radical (unpaired) electrons. The van der Waals surface area contributed by atoms with Gasteiger partial charge < -0.3 is 10.3 Å². The lowest BCUT2D eigenvalue weighted by Crippen LogP contribution is -2.21. The van der Waals surface area contributed by atoms with E-state index in [1.54, 1.807) is 0 Å². The number of hydrogen-bond acceptors (Lipinski definition) is 1. The minimum atomic E-state index is 0.582. The van der Waals surface area contributed by atoms with Crippen molar-refractivity contribution in [1.29, 1.82) is 0 Å². The summed E-state index contributed by atoms with van der Waals surface area (Å²) in [4.78, 5) is 3.31. The van der Waals surface area contributed by atoms with E-state index in [4.69, 9.17) is 0 Å². The number of fused-ring (bicyclic) bond motifs is 1. The molecule has 2 aromatic rings. The molecular weight excluding hydrogens is 184 g/mol. The summed E-state index contributed by atoms with van der Waals surface area (Å²) in [5.41, 5.74) is 2.66. The number of aromatic amines is 1. The molecule has 1 atom stereocenters. The van der Waals surface area contributed by atoms with Gasteiger partial charge in [0.15, 0.2) is 0 Å². The summed E-state index contributed by atoms with van der Waals surface area (Å²) in [6.07, 6.45) is 4.44. The van der Waals surface area contributed by atoms with Crippen LogP contribution in [0.3, 0.4) is 0 Å². The maximum atomic E-state index is 3.31. The fraction of sp³-hybridized carbons (Fsp3) is 0.385. The number of aryl methyl sites for hydroxylation is 1. The second kappa shape index (κ2) is 4.49. The minimum Gasteiger partial charge on any atom is -0.361 e. The first kappa shape index (κ1) is 10.2. The highest BCUT2D eigenvalue weighted by atomic mass is 14.8. The molecule has 0 bridgehead atoms. The van der Waals surface area contributed by atoms with Gasteiger partial charge in [0.05, 0.1) is 0 Å². The summed E-state index contributed by atoms with van der Waals surface area (Å²) in [5, 5.41) is 4.63. The summed E-state index contributed by atoms with van der Waals surface area (Å²) in [7, 11) is 2.01. The molecule has 2 rings (SSSR count). The van der Waals surface area contributed by atoms with E-state index in [2.05, 4.69) is 47.7 Å². The van der Waals surface area contributed by atoms with Crippen molar-refractivity contribution in [3.05, 3.63) is 36.0 Å². The van der Waals surface area contributed by atoms with Crippen LogP contribution in [0.1, 0.15) is 18.9 Å². The molecule has 0 aliphatic heterocycles. The molecule has 2 heteroatoms. The molecule has 15 heavy (non-hydrogen) atoms. The van der Waals surface area contributed by atoms with E-state index in [9.17, 15) is 0 Å². The van der Waals surface area contributed by atoms with E-state index in [-0.39, 0.29) is 0 Å². The van der Waals surface area contributed by atoms with Crippen LogP contribution in [0.5, 0.6) is 0 Å². The number of nitrogens with one attached hydrogen (secondary N) is 2. The van der Waals surface area contributed by atoms with Crippen LogP contribution >= 0.6 is 0 Å². The van der Waals surface area contributed by atoms with Crippen LogP contribution in [0.4, 0.5) is 0 Å². The van der Waals surface area contributed by atoms with Crippen LogP contribution < -0.4 is 5.32 Å². The molecule has 0 amide bonds. The summed E-state index contributed by atoms with van der Waals surface area (Å²) >= 11 is 0. The first-order valence-electron chi connectivity index (χ1n) is 5.53. The fourth-order valence-electron chi connectivity index (χ4n) is 1.85. The third kappa shape index (κ3) is 2.21. The molecule has 1 aromatic carbocycles. The highest BCUT2D eigenvalue weighted by Crippen LogP contribution is 2.19. The van der Waals surface area contributed by atoms with Gasteiger partial charge in [-0.3, -0.25) is 0 Å². The molecule has 0 spiro atoms. The van der Waals surface area contributed by atoms with Crippen molar-refractivity contribution in [1.82, 2.24) is 10.3 Å². The zero-order valence-corrected chi connectivity index (χ0v) is 9.38. The van der Waals surface area contributed by atoms with Gasteiger partial charge in [-0.05, 0) is 38.4 Å². The second-order valence-electron chi connectivity index (χ2n) is 4.09. The molecule has 1 heterocycles. The average molecular weight is 202 g/mol. The normalized spacial score (nSPS) is 13.2. The average Bonchev–Trinajstić information content (AvgIpc) is 2.69. The van der Waals surface area contributed by atoms with Crippen molar-refractivity contribution in [2.75, 3.05) is 7.05 Å². The Morgan fingerprint density at radius 1 is 1.33 bits per heavy atom. The van der Waals surface area contributed by atoms with Crippen LogP contribution in [0.25, 0.3) is 10.9 Å². The van der Waals surface area contributed by atoms with Gasteiger partial charge >= 0.3 is 0 Å². The number of para-hydroxylation sites is 1. The Morgan fingerprint density at radius 2 is 2.13 bits per heavy atom. The summed E-state index contributed by atoms with van der Waals surface area (Å²) in [6, 6.07) is 9.06. The van der Waals surface area contributed by atoms with Gasteiger partial charge in [-0.2, -0.15) is 0 Å². The molecule has 2 nitrogen and oxygen atoms in total. The van der Waals surface area contributed by atoms with Crippen molar-refractivity contribution in [3.63, 3.8) is 0 Å². The van der Waals surface area contributed by atoms with Gasteiger partial charge in [0.25, 0.3) is 0 Å². The lowest BCUT2D eigenvalue weighted by Gasteiger charge is -2.08. The largest absolute Gasteiger partial charge is 0.361 e. The first-order valence-corrected chi connectivity index (χ1v) is 5.53. The molecule has 0 fully saturated rings. The molecule has 1 aromatic heterocycles. The molecular formula is C13H18N2. The van der Waals surface area contributed by atoms with Crippen molar-refractivity contribution >= 4 is 10.9 Å². The zero-order chi connectivity index (χ0) is 10.7. The monoisotopic (exact) mass is 202 g/mol. The molecule has 0 saturated heterocycles. The SMILES string of the molecule is CN[C@H](C)CCc1c[nH]c2ccccc12. The van der Waals surface area contributed by atoms with Gasteiger partial charge in [-0.1, -0.05) is 18.2 Å². The summed E-state index contributed by atoms with van der Waals surface area (Å²) < 4.78 is 0. The predicted octanol–water partition coefficient (Wildman–Crippen LogP) is 2.71. The van der Waals surface area contributed by atoms with E-state index in [1.165, 1.54) is 22.9 Å². The molecule has 0 aliphatic rings. The Hall–Kier alpha value is -1.28. The molecule has 2 N–H and O–H groups in total. The first-order chi connectivity index (χ1) is 7.31. The minimum absolute atomic E-state index is 0.582. The van der Waals surface area contributed by atoms with E-state index in [0.29, 0.717) is 6.04 Å². The van der Waals surface area contributed by atoms with Crippen molar-refractivity contribution in [2.45, 2.75) is 25.8 Å². The highest BCUT2D eigenvalue weighted by Gasteiger charge is 2.04. The number of benzene rings is 1. The quantitative estimate of drug-likeness (QED) is 0.784. The number of rotatable bonds is 4. The maximum Gasteiger partial charge on any atom is 0.0456 e. The van der Waals surface area contributed by atoms with Crippen LogP contribution in [-0.2, 0) is 6.42 Å². The second-order valence-corrected chi connectivity index (χ2v) is 4.09. The van der Waals surface area contributed by atoms with Gasteiger partial charge in [0.2, 0.25) is 0 Å².